The van der Waals surface area contributed by atoms with Crippen LogP contribution in [0.4, 0.5) is 24.7 Å². The van der Waals surface area contributed by atoms with Crippen molar-refractivity contribution in [3.8, 4) is 23.0 Å². The Morgan fingerprint density at radius 1 is 0.817 bits per heavy atom. The number of phenolic OH excluding ortho intramolecular Hbond substituents is 1. The summed E-state index contributed by atoms with van der Waals surface area (Å²) >= 11 is 0. The number of rotatable bonds is 10. The number of ether oxygens (including phenoxy) is 1. The van der Waals surface area contributed by atoms with Gasteiger partial charge in [0, 0.05) is 124 Å². The highest BCUT2D eigenvalue weighted by atomic mass is 19.2. The van der Waals surface area contributed by atoms with Gasteiger partial charge < -0.3 is 34.8 Å². The lowest BCUT2D eigenvalue weighted by Gasteiger charge is -2.55. The van der Waals surface area contributed by atoms with E-state index in [1.54, 1.807) is 4.90 Å². The number of carbonyl (C=O) groups excluding carboxylic acids is 3. The Morgan fingerprint density at radius 2 is 1.59 bits per heavy atom. The number of anilines is 2. The minimum atomic E-state index is -1.15. The molecule has 0 radical (unpaired) electrons. The number of hydrogen-bond acceptors (Lipinski definition) is 13. The van der Waals surface area contributed by atoms with Crippen LogP contribution < -0.4 is 25.2 Å². The number of likely N-dealkylation sites (tertiary alicyclic amines) is 1. The van der Waals surface area contributed by atoms with Crippen molar-refractivity contribution in [3.05, 3.63) is 77.2 Å². The summed E-state index contributed by atoms with van der Waals surface area (Å²) in [5.74, 6) is -3.59. The molecular formula is C53H57F3N10O5. The molecule has 2 aromatic heterocycles. The minimum Gasteiger partial charge on any atom is -0.508 e. The topological polar surface area (TPSA) is 160 Å². The number of halogens is 3. The zero-order valence-corrected chi connectivity index (χ0v) is 39.6. The molecule has 8 aliphatic rings. The van der Waals surface area contributed by atoms with Crippen molar-refractivity contribution in [2.75, 3.05) is 75.3 Å². The van der Waals surface area contributed by atoms with E-state index in [0.29, 0.717) is 60.9 Å². The number of pyridine rings is 1. The number of hydrogen-bond donors (Lipinski definition) is 3. The number of benzene rings is 3. The molecule has 2 unspecified atom stereocenters. The first kappa shape index (κ1) is 44.8. The molecule has 5 saturated heterocycles. The molecule has 6 aliphatic heterocycles. The van der Waals surface area contributed by atoms with Crippen LogP contribution in [0, 0.1) is 28.3 Å². The summed E-state index contributed by atoms with van der Waals surface area (Å²) in [7, 11) is 0. The van der Waals surface area contributed by atoms with E-state index >= 15 is 8.78 Å². The Labute approximate surface area is 408 Å². The maximum Gasteiger partial charge on any atom is 0.319 e. The Hall–Kier alpha value is -6.11. The van der Waals surface area contributed by atoms with Gasteiger partial charge in [-0.25, -0.2) is 13.2 Å². The van der Waals surface area contributed by atoms with Crippen LogP contribution in [-0.4, -0.2) is 142 Å². The normalized spacial score (nSPS) is 25.3. The number of phenols is 1. The zero-order chi connectivity index (χ0) is 48.3. The van der Waals surface area contributed by atoms with Crippen LogP contribution in [0.2, 0.25) is 0 Å². The monoisotopic (exact) mass is 970 g/mol. The summed E-state index contributed by atoms with van der Waals surface area (Å²) < 4.78 is 53.4. The molecule has 2 saturated carbocycles. The van der Waals surface area contributed by atoms with Crippen molar-refractivity contribution in [1.82, 2.24) is 40.3 Å². The Kier molecular flexibility index (Phi) is 10.7. The van der Waals surface area contributed by atoms with Gasteiger partial charge in [-0.2, -0.15) is 9.97 Å². The first-order valence-corrected chi connectivity index (χ1v) is 25.5. The number of fused-ring (bicyclic) bond motifs is 5. The van der Waals surface area contributed by atoms with Crippen molar-refractivity contribution in [2.24, 2.45) is 10.8 Å². The fraction of sp³-hybridized carbons (Fsp3) is 0.509. The van der Waals surface area contributed by atoms with Crippen LogP contribution in [0.15, 0.2) is 48.7 Å². The first-order chi connectivity index (χ1) is 34.4. The number of amides is 3. The minimum absolute atomic E-state index is 0.0272. The van der Waals surface area contributed by atoms with Crippen molar-refractivity contribution < 1.29 is 37.4 Å². The molecule has 2 bridgehead atoms. The van der Waals surface area contributed by atoms with Crippen molar-refractivity contribution in [2.45, 2.75) is 94.9 Å². The second-order valence-electron chi connectivity index (χ2n) is 21.9. The van der Waals surface area contributed by atoms with E-state index in [4.69, 9.17) is 9.72 Å². The van der Waals surface area contributed by atoms with E-state index in [-0.39, 0.29) is 75.0 Å². The number of piperazine rings is 2. The van der Waals surface area contributed by atoms with Gasteiger partial charge in [-0.15, -0.1) is 0 Å². The molecule has 71 heavy (non-hydrogen) atoms. The fourth-order valence-electron chi connectivity index (χ4n) is 13.3. The van der Waals surface area contributed by atoms with Crippen LogP contribution in [0.1, 0.15) is 80.1 Å². The number of nitrogens with one attached hydrogen (secondary N) is 2. The molecule has 3 N–H and O–H groups in total. The molecule has 3 amide bonds. The summed E-state index contributed by atoms with van der Waals surface area (Å²) in [6.45, 7) is 9.03. The SMILES string of the molecule is O=C1CC[C@H](N2Cc3cc(N4CCN(C5CCC6(CC5)CN(CC5(COc7nc(N8CC9CCC(C8)N9)c8cnc(-c9cc(O)cc%10ccc(F)c(F)c9%10)c(F)c8n7)CC5)C6)CC4)ccc3C2=O)C(=O)N1. The van der Waals surface area contributed by atoms with E-state index in [9.17, 15) is 23.9 Å². The van der Waals surface area contributed by atoms with Gasteiger partial charge in [0.1, 0.15) is 28.8 Å². The third-order valence-corrected chi connectivity index (χ3v) is 17.3. The van der Waals surface area contributed by atoms with Gasteiger partial charge >= 0.3 is 6.01 Å². The number of aromatic nitrogens is 3. The van der Waals surface area contributed by atoms with Gasteiger partial charge in [-0.05, 0) is 111 Å². The molecule has 18 heteroatoms. The zero-order valence-electron chi connectivity index (χ0n) is 39.6. The Morgan fingerprint density at radius 3 is 2.34 bits per heavy atom. The van der Waals surface area contributed by atoms with E-state index in [1.807, 2.05) is 12.1 Å². The second kappa shape index (κ2) is 17.0. The van der Waals surface area contributed by atoms with Crippen LogP contribution >= 0.6 is 0 Å². The molecule has 13 rings (SSSR count). The summed E-state index contributed by atoms with van der Waals surface area (Å²) in [4.78, 5) is 62.9. The third-order valence-electron chi connectivity index (χ3n) is 17.3. The van der Waals surface area contributed by atoms with Crippen LogP contribution in [-0.2, 0) is 16.1 Å². The molecule has 15 nitrogen and oxygen atoms in total. The molecule has 3 atom stereocenters. The molecule has 2 aliphatic carbocycles. The Bertz CT molecular complexity index is 3010. The van der Waals surface area contributed by atoms with Crippen LogP contribution in [0.25, 0.3) is 32.9 Å². The van der Waals surface area contributed by atoms with Gasteiger partial charge in [0.2, 0.25) is 11.8 Å². The third kappa shape index (κ3) is 8.00. The molecule has 370 valence electrons. The predicted molar refractivity (Wildman–Crippen MR) is 259 cm³/mol. The lowest BCUT2D eigenvalue weighted by molar-refractivity contribution is -0.136. The molecule has 5 aromatic rings. The van der Waals surface area contributed by atoms with Gasteiger partial charge in [-0.1, -0.05) is 6.07 Å². The van der Waals surface area contributed by atoms with Gasteiger partial charge in [0.15, 0.2) is 17.5 Å². The second-order valence-corrected chi connectivity index (χ2v) is 21.9. The van der Waals surface area contributed by atoms with Crippen LogP contribution in [0.5, 0.6) is 11.8 Å². The maximum absolute atomic E-state index is 17.0. The first-order valence-electron chi connectivity index (χ1n) is 25.5. The standard InChI is InChI=1S/C53H57F3N10O5/c54-40-6-1-30-20-36(67)21-38(43(30)44(40)55)46-45(56)47-39(22-57-46)48(65-24-32-2-3-33(25-65)58-32)61-51(60-47)71-29-53(13-14-53)28-62-26-52(27-62)11-9-34(10-12-52)63-15-17-64(18-16-63)35-4-5-37-31(19-35)23-66(50(37)70)41-7-8-42(68)59-49(41)69/h1,4-6,19-22,32-34,41,58,67H,2-3,7-18,23-29H2,(H,59,68,69)/t32?,33?,41-/m0/s1. The van der Waals surface area contributed by atoms with Crippen molar-refractivity contribution in [3.63, 3.8) is 0 Å². The molecule has 1 spiro atoms. The maximum atomic E-state index is 17.0. The molecular weight excluding hydrogens is 914 g/mol. The quantitative estimate of drug-likeness (QED) is 0.142. The van der Waals surface area contributed by atoms with Crippen molar-refractivity contribution in [1.29, 1.82) is 0 Å². The summed E-state index contributed by atoms with van der Waals surface area (Å²) in [5.41, 5.74) is 2.62. The predicted octanol–water partition coefficient (Wildman–Crippen LogP) is 5.90. The summed E-state index contributed by atoms with van der Waals surface area (Å²) in [6.07, 6.45) is 11.0. The number of carbonyl (C=O) groups is 3. The van der Waals surface area contributed by atoms with E-state index in [0.717, 1.165) is 88.8 Å². The van der Waals surface area contributed by atoms with Gasteiger partial charge in [0.25, 0.3) is 5.91 Å². The summed E-state index contributed by atoms with van der Waals surface area (Å²) in [6, 6.07) is 11.4. The average molecular weight is 971 g/mol. The van der Waals surface area contributed by atoms with E-state index < -0.39 is 29.4 Å². The lowest BCUT2D eigenvalue weighted by atomic mass is 9.67. The number of nitrogens with zero attached hydrogens (tertiary/aromatic N) is 8. The molecule has 7 fully saturated rings. The highest BCUT2D eigenvalue weighted by Gasteiger charge is 2.52. The van der Waals surface area contributed by atoms with E-state index in [2.05, 4.69) is 46.3 Å². The van der Waals surface area contributed by atoms with Crippen LogP contribution in [0.3, 0.4) is 0 Å². The fourth-order valence-corrected chi connectivity index (χ4v) is 13.3. The Balaban J connectivity index is 0.638. The van der Waals surface area contributed by atoms with Gasteiger partial charge in [0.05, 0.1) is 12.0 Å². The van der Waals surface area contributed by atoms with Gasteiger partial charge in [-0.3, -0.25) is 29.6 Å². The van der Waals surface area contributed by atoms with Crippen molar-refractivity contribution >= 4 is 50.9 Å². The molecule has 3 aromatic carbocycles. The number of piperidine rings is 1. The molecule has 8 heterocycles. The average Bonchev–Trinajstić information content (AvgIpc) is 3.94. The van der Waals surface area contributed by atoms with E-state index in [1.165, 1.54) is 50.1 Å². The smallest absolute Gasteiger partial charge is 0.319 e. The highest BCUT2D eigenvalue weighted by molar-refractivity contribution is 6.05. The highest BCUT2D eigenvalue weighted by Crippen LogP contribution is 2.52. The largest absolute Gasteiger partial charge is 0.508 e. The number of imide groups is 1. The number of aromatic hydroxyl groups is 1. The lowest BCUT2D eigenvalue weighted by Crippen LogP contribution is -2.60. The summed E-state index contributed by atoms with van der Waals surface area (Å²) in [5, 5.41) is 17.0.